The van der Waals surface area contributed by atoms with Gasteiger partial charge in [-0.05, 0) is 52.7 Å². The second-order valence-electron chi connectivity index (χ2n) is 8.78. The van der Waals surface area contributed by atoms with Crippen LogP contribution in [0.1, 0.15) is 96.8 Å². The van der Waals surface area contributed by atoms with Gasteiger partial charge in [0.05, 0.1) is 27.2 Å². The van der Waals surface area contributed by atoms with E-state index in [9.17, 15) is 0 Å². The van der Waals surface area contributed by atoms with E-state index < -0.39 is 0 Å². The molecule has 0 saturated carbocycles. The molecule has 0 unspecified atom stereocenters. The van der Waals surface area contributed by atoms with Crippen molar-refractivity contribution in [2.45, 2.75) is 96.8 Å². The molecule has 0 bridgehead atoms. The summed E-state index contributed by atoms with van der Waals surface area (Å²) in [6.45, 7) is 6.27. The Morgan fingerprint density at radius 2 is 0.917 bits per heavy atom. The fraction of sp³-hybridized carbons (Fsp3) is 1.00. The Morgan fingerprint density at radius 3 is 1.33 bits per heavy atom. The molecule has 0 aromatic carbocycles. The highest BCUT2D eigenvalue weighted by Crippen LogP contribution is 2.12. The van der Waals surface area contributed by atoms with Crippen LogP contribution in [-0.4, -0.2) is 57.2 Å². The zero-order chi connectivity index (χ0) is 18.1. The molecule has 0 amide bonds. The van der Waals surface area contributed by atoms with E-state index in [0.29, 0.717) is 0 Å². The molecule has 0 heterocycles. The summed E-state index contributed by atoms with van der Waals surface area (Å²) in [4.78, 5) is 2.30. The number of nitrogens with zero attached hydrogens (tertiary/aromatic N) is 2. The van der Waals surface area contributed by atoms with Crippen LogP contribution in [0.25, 0.3) is 0 Å². The van der Waals surface area contributed by atoms with Gasteiger partial charge in [0.25, 0.3) is 0 Å². The van der Waals surface area contributed by atoms with Gasteiger partial charge in [0.15, 0.2) is 0 Å². The fourth-order valence-electron chi connectivity index (χ4n) is 3.46. The highest BCUT2D eigenvalue weighted by molar-refractivity contribution is 4.49. The van der Waals surface area contributed by atoms with Gasteiger partial charge >= 0.3 is 0 Å². The number of rotatable bonds is 18. The van der Waals surface area contributed by atoms with Crippen LogP contribution >= 0.6 is 0 Å². The van der Waals surface area contributed by atoms with Crippen LogP contribution in [-0.2, 0) is 0 Å². The second-order valence-corrected chi connectivity index (χ2v) is 8.78. The molecule has 0 radical (unpaired) electrons. The summed E-state index contributed by atoms with van der Waals surface area (Å²) in [7, 11) is 9.19. The normalized spacial score (nSPS) is 12.2. The Labute approximate surface area is 154 Å². The molecule has 0 spiro atoms. The van der Waals surface area contributed by atoms with Gasteiger partial charge in [0.2, 0.25) is 0 Å². The van der Waals surface area contributed by atoms with E-state index in [1.54, 1.807) is 0 Å². The Hall–Kier alpha value is -0.0800. The third kappa shape index (κ3) is 18.3. The molecule has 24 heavy (non-hydrogen) atoms. The maximum Gasteiger partial charge on any atom is 0.0782 e. The molecule has 2 heteroatoms. The van der Waals surface area contributed by atoms with Crippen molar-refractivity contribution < 1.29 is 4.48 Å². The van der Waals surface area contributed by atoms with Gasteiger partial charge in [-0.15, -0.1) is 0 Å². The van der Waals surface area contributed by atoms with E-state index in [4.69, 9.17) is 0 Å². The maximum absolute atomic E-state index is 2.42. The largest absolute Gasteiger partial charge is 0.328 e. The van der Waals surface area contributed by atoms with Gasteiger partial charge in [-0.1, -0.05) is 64.7 Å². The number of hydrogen-bond acceptors (Lipinski definition) is 1. The zero-order valence-electron chi connectivity index (χ0n) is 17.9. The first-order valence-corrected chi connectivity index (χ1v) is 10.9. The van der Waals surface area contributed by atoms with Crippen LogP contribution in [0.15, 0.2) is 0 Å². The molecule has 0 aromatic rings. The lowest BCUT2D eigenvalue weighted by Crippen LogP contribution is -2.41. The molecule has 0 N–H and O–H groups in total. The number of hydrogen-bond donors (Lipinski definition) is 0. The summed E-state index contributed by atoms with van der Waals surface area (Å²) in [6, 6.07) is 0. The van der Waals surface area contributed by atoms with Crippen molar-refractivity contribution in [1.29, 1.82) is 0 Å². The fourth-order valence-corrected chi connectivity index (χ4v) is 3.46. The van der Waals surface area contributed by atoms with Crippen LogP contribution in [0.4, 0.5) is 0 Å². The third-order valence-corrected chi connectivity index (χ3v) is 5.24. The minimum Gasteiger partial charge on any atom is -0.328 e. The topological polar surface area (TPSA) is 3.24 Å². The minimum absolute atomic E-state index is 1.23. The minimum atomic E-state index is 1.23. The zero-order valence-corrected chi connectivity index (χ0v) is 17.9. The average Bonchev–Trinajstić information content (AvgIpc) is 2.52. The van der Waals surface area contributed by atoms with E-state index in [2.05, 4.69) is 40.0 Å². The standard InChI is InChI=1S/C22H49N2/c1-6-7-8-9-10-11-12-13-15-18-21-24(4,5)22-19-16-14-17-20-23(2)3/h6-22H2,1-5H3/q+1. The molecule has 0 rings (SSSR count). The molecule has 0 aliphatic rings. The quantitative estimate of drug-likeness (QED) is 0.215. The molecular formula is C22H49N2+. The lowest BCUT2D eigenvalue weighted by molar-refractivity contribution is -0.890. The highest BCUT2D eigenvalue weighted by atomic mass is 15.3. The van der Waals surface area contributed by atoms with Crippen molar-refractivity contribution >= 4 is 0 Å². The Balaban J connectivity index is 3.34. The monoisotopic (exact) mass is 341 g/mol. The molecule has 0 aliphatic carbocycles. The second kappa shape index (κ2) is 16.4. The molecule has 0 aliphatic heterocycles. The molecule has 0 aromatic heterocycles. The molecule has 146 valence electrons. The van der Waals surface area contributed by atoms with E-state index in [1.165, 1.54) is 114 Å². The van der Waals surface area contributed by atoms with E-state index in [1.807, 2.05) is 0 Å². The molecule has 0 fully saturated rings. The van der Waals surface area contributed by atoms with Crippen molar-refractivity contribution in [3.8, 4) is 0 Å². The Morgan fingerprint density at radius 1 is 0.542 bits per heavy atom. The summed E-state index contributed by atoms with van der Waals surface area (Å²) in [5.74, 6) is 0. The van der Waals surface area contributed by atoms with Crippen molar-refractivity contribution in [1.82, 2.24) is 4.90 Å². The van der Waals surface area contributed by atoms with Crippen LogP contribution in [0.5, 0.6) is 0 Å². The molecule has 0 atom stereocenters. The van der Waals surface area contributed by atoms with Crippen molar-refractivity contribution in [2.75, 3.05) is 47.8 Å². The average molecular weight is 342 g/mol. The van der Waals surface area contributed by atoms with Crippen LogP contribution in [0.3, 0.4) is 0 Å². The highest BCUT2D eigenvalue weighted by Gasteiger charge is 2.13. The number of unbranched alkanes of at least 4 members (excludes halogenated alkanes) is 12. The van der Waals surface area contributed by atoms with E-state index in [-0.39, 0.29) is 0 Å². The van der Waals surface area contributed by atoms with Crippen molar-refractivity contribution in [3.63, 3.8) is 0 Å². The summed E-state index contributed by atoms with van der Waals surface area (Å²) >= 11 is 0. The van der Waals surface area contributed by atoms with Crippen molar-refractivity contribution in [2.24, 2.45) is 0 Å². The molecule has 0 saturated heterocycles. The van der Waals surface area contributed by atoms with Gasteiger partial charge in [-0.25, -0.2) is 0 Å². The first-order chi connectivity index (χ1) is 11.5. The van der Waals surface area contributed by atoms with Crippen LogP contribution in [0.2, 0.25) is 0 Å². The van der Waals surface area contributed by atoms with Crippen LogP contribution in [0, 0.1) is 0 Å². The van der Waals surface area contributed by atoms with Gasteiger partial charge in [0.1, 0.15) is 0 Å². The summed E-state index contributed by atoms with van der Waals surface area (Å²) < 4.78 is 1.23. The van der Waals surface area contributed by atoms with Crippen LogP contribution < -0.4 is 0 Å². The Kier molecular flexibility index (Phi) is 16.3. The summed E-state index contributed by atoms with van der Waals surface area (Å²) in [5.41, 5.74) is 0. The first-order valence-electron chi connectivity index (χ1n) is 10.9. The predicted octanol–water partition coefficient (Wildman–Crippen LogP) is 6.11. The lowest BCUT2D eigenvalue weighted by Gasteiger charge is -2.30. The first kappa shape index (κ1) is 23.9. The smallest absolute Gasteiger partial charge is 0.0782 e. The SMILES string of the molecule is CCCCCCCCCCCC[N+](C)(C)CCCCCCN(C)C. The van der Waals surface area contributed by atoms with Crippen molar-refractivity contribution in [3.05, 3.63) is 0 Å². The Bertz CT molecular complexity index is 248. The van der Waals surface area contributed by atoms with E-state index in [0.717, 1.165) is 0 Å². The van der Waals surface area contributed by atoms with Gasteiger partial charge in [-0.2, -0.15) is 0 Å². The lowest BCUT2D eigenvalue weighted by atomic mass is 10.1. The van der Waals surface area contributed by atoms with Gasteiger partial charge < -0.3 is 9.38 Å². The molecular weight excluding hydrogens is 292 g/mol. The van der Waals surface area contributed by atoms with Gasteiger partial charge in [0, 0.05) is 0 Å². The summed E-state index contributed by atoms with van der Waals surface area (Å²) in [5, 5.41) is 0. The third-order valence-electron chi connectivity index (χ3n) is 5.24. The number of quaternary nitrogens is 1. The van der Waals surface area contributed by atoms with E-state index >= 15 is 0 Å². The summed E-state index contributed by atoms with van der Waals surface area (Å²) in [6.07, 6.45) is 20.0. The predicted molar refractivity (Wildman–Crippen MR) is 111 cm³/mol. The van der Waals surface area contributed by atoms with Gasteiger partial charge in [-0.3, -0.25) is 0 Å². The maximum atomic E-state index is 2.42. The molecule has 2 nitrogen and oxygen atoms in total.